The molecule has 144 valence electrons. The van der Waals surface area contributed by atoms with Crippen LogP contribution < -0.4 is 10.2 Å². The van der Waals surface area contributed by atoms with Gasteiger partial charge in [-0.15, -0.1) is 0 Å². The van der Waals surface area contributed by atoms with Crippen molar-refractivity contribution in [3.8, 4) is 5.75 Å². The second-order valence-electron chi connectivity index (χ2n) is 6.57. The zero-order valence-electron chi connectivity index (χ0n) is 15.8. The summed E-state index contributed by atoms with van der Waals surface area (Å²) < 4.78 is 16.5. The minimum Gasteiger partial charge on any atom is -0.494 e. The van der Waals surface area contributed by atoms with E-state index in [9.17, 15) is 9.59 Å². The number of hydrogen-bond acceptors (Lipinski definition) is 5. The Hall–Kier alpha value is -3.12. The molecule has 2 aromatic carbocycles. The number of benzene rings is 2. The van der Waals surface area contributed by atoms with Gasteiger partial charge in [-0.25, -0.2) is 0 Å². The molecule has 0 saturated heterocycles. The third-order valence-electron chi connectivity index (χ3n) is 4.92. The van der Waals surface area contributed by atoms with Crippen molar-refractivity contribution in [3.63, 3.8) is 0 Å². The highest BCUT2D eigenvalue weighted by Crippen LogP contribution is 2.38. The van der Waals surface area contributed by atoms with Crippen molar-refractivity contribution in [1.82, 2.24) is 4.90 Å². The monoisotopic (exact) mass is 379 g/mol. The van der Waals surface area contributed by atoms with E-state index in [4.69, 9.17) is 13.9 Å². The lowest BCUT2D eigenvalue weighted by molar-refractivity contribution is 0.0663. The van der Waals surface area contributed by atoms with Gasteiger partial charge in [-0.1, -0.05) is 24.3 Å². The molecule has 0 N–H and O–H groups in total. The van der Waals surface area contributed by atoms with Gasteiger partial charge >= 0.3 is 0 Å². The SMILES string of the molecule is CCOc1ccc(C2c3c(oc4ccccc4c3=O)C(=O)N2CCOC)cc1. The maximum atomic E-state index is 13.2. The van der Waals surface area contributed by atoms with Crippen LogP contribution >= 0.6 is 0 Å². The molecule has 3 aromatic rings. The summed E-state index contributed by atoms with van der Waals surface area (Å²) in [7, 11) is 1.58. The molecular formula is C22H21NO5. The number of ether oxygens (including phenoxy) is 2. The quantitative estimate of drug-likeness (QED) is 0.657. The van der Waals surface area contributed by atoms with Gasteiger partial charge in [0.25, 0.3) is 5.91 Å². The molecule has 1 atom stereocenters. The van der Waals surface area contributed by atoms with Crippen molar-refractivity contribution in [2.24, 2.45) is 0 Å². The third kappa shape index (κ3) is 2.96. The lowest BCUT2D eigenvalue weighted by Gasteiger charge is -2.25. The Kier molecular flexibility index (Phi) is 4.88. The van der Waals surface area contributed by atoms with Crippen molar-refractivity contribution in [1.29, 1.82) is 0 Å². The highest BCUT2D eigenvalue weighted by molar-refractivity contribution is 5.99. The summed E-state index contributed by atoms with van der Waals surface area (Å²) >= 11 is 0. The van der Waals surface area contributed by atoms with Gasteiger partial charge in [-0.05, 0) is 36.8 Å². The second-order valence-corrected chi connectivity index (χ2v) is 6.57. The topological polar surface area (TPSA) is 69.0 Å². The van der Waals surface area contributed by atoms with E-state index in [0.717, 1.165) is 11.3 Å². The van der Waals surface area contributed by atoms with E-state index in [1.807, 2.05) is 31.2 Å². The molecule has 0 fully saturated rings. The normalized spacial score (nSPS) is 15.9. The molecule has 0 radical (unpaired) electrons. The Balaban J connectivity index is 1.88. The predicted octanol–water partition coefficient (Wildman–Crippen LogP) is 3.38. The van der Waals surface area contributed by atoms with Crippen LogP contribution in [0, 0.1) is 0 Å². The lowest BCUT2D eigenvalue weighted by atomic mass is 9.98. The number of methoxy groups -OCH3 is 1. The molecule has 2 heterocycles. The number of carbonyl (C=O) groups is 1. The standard InChI is InChI=1S/C22H21NO5/c1-3-27-15-10-8-14(9-11-15)19-18-20(24)16-6-4-5-7-17(16)28-21(18)22(25)23(19)12-13-26-2/h4-11,19H,3,12-13H2,1-2H3. The van der Waals surface area contributed by atoms with E-state index < -0.39 is 6.04 Å². The molecule has 1 unspecified atom stereocenters. The van der Waals surface area contributed by atoms with Crippen LogP contribution in [-0.4, -0.2) is 37.7 Å². The van der Waals surface area contributed by atoms with Crippen LogP contribution in [0.4, 0.5) is 0 Å². The number of fused-ring (bicyclic) bond motifs is 2. The minimum absolute atomic E-state index is 0.110. The van der Waals surface area contributed by atoms with Crippen LogP contribution in [0.3, 0.4) is 0 Å². The number of amides is 1. The van der Waals surface area contributed by atoms with Crippen molar-refractivity contribution in [2.75, 3.05) is 26.9 Å². The number of para-hydroxylation sites is 1. The molecule has 1 aliphatic heterocycles. The van der Waals surface area contributed by atoms with Gasteiger partial charge in [0.15, 0.2) is 5.43 Å². The number of carbonyl (C=O) groups excluding carboxylic acids is 1. The Bertz CT molecular complexity index is 1070. The van der Waals surface area contributed by atoms with Gasteiger partial charge in [0, 0.05) is 13.7 Å². The molecule has 0 spiro atoms. The molecule has 1 aromatic heterocycles. The molecule has 0 saturated carbocycles. The van der Waals surface area contributed by atoms with Crippen LogP contribution in [0.2, 0.25) is 0 Å². The fourth-order valence-corrected chi connectivity index (χ4v) is 3.65. The van der Waals surface area contributed by atoms with Gasteiger partial charge in [-0.3, -0.25) is 9.59 Å². The van der Waals surface area contributed by atoms with Crippen LogP contribution in [-0.2, 0) is 4.74 Å². The lowest BCUT2D eigenvalue weighted by Crippen LogP contribution is -2.32. The van der Waals surface area contributed by atoms with Gasteiger partial charge in [-0.2, -0.15) is 0 Å². The largest absolute Gasteiger partial charge is 0.494 e. The van der Waals surface area contributed by atoms with Crippen LogP contribution in [0.5, 0.6) is 5.75 Å². The van der Waals surface area contributed by atoms with E-state index in [-0.39, 0.29) is 17.1 Å². The molecular weight excluding hydrogens is 358 g/mol. The first-order valence-electron chi connectivity index (χ1n) is 9.24. The fourth-order valence-electron chi connectivity index (χ4n) is 3.65. The predicted molar refractivity (Wildman–Crippen MR) is 105 cm³/mol. The first-order valence-corrected chi connectivity index (χ1v) is 9.24. The summed E-state index contributed by atoms with van der Waals surface area (Å²) in [5, 5.41) is 0.471. The van der Waals surface area contributed by atoms with Crippen LogP contribution in [0.25, 0.3) is 11.0 Å². The van der Waals surface area contributed by atoms with Crippen LogP contribution in [0.15, 0.2) is 57.7 Å². The first-order chi connectivity index (χ1) is 13.7. The molecule has 6 heteroatoms. The molecule has 0 aliphatic carbocycles. The summed E-state index contributed by atoms with van der Waals surface area (Å²) in [5.41, 5.74) is 1.45. The first kappa shape index (κ1) is 18.3. The molecule has 6 nitrogen and oxygen atoms in total. The maximum absolute atomic E-state index is 13.2. The summed E-state index contributed by atoms with van der Waals surface area (Å²) in [4.78, 5) is 27.9. The summed E-state index contributed by atoms with van der Waals surface area (Å²) in [5.74, 6) is 0.553. The highest BCUT2D eigenvalue weighted by Gasteiger charge is 2.42. The van der Waals surface area contributed by atoms with E-state index >= 15 is 0 Å². The van der Waals surface area contributed by atoms with Crippen molar-refractivity contribution >= 4 is 16.9 Å². The highest BCUT2D eigenvalue weighted by atomic mass is 16.5. The van der Waals surface area contributed by atoms with E-state index in [1.54, 1.807) is 36.3 Å². The van der Waals surface area contributed by atoms with Crippen LogP contribution in [0.1, 0.15) is 34.6 Å². The van der Waals surface area contributed by atoms with Gasteiger partial charge < -0.3 is 18.8 Å². The molecule has 1 aliphatic rings. The molecule has 1 amide bonds. The number of nitrogens with zero attached hydrogens (tertiary/aromatic N) is 1. The Morgan fingerprint density at radius 3 is 2.54 bits per heavy atom. The van der Waals surface area contributed by atoms with Gasteiger partial charge in [0.1, 0.15) is 11.3 Å². The smallest absolute Gasteiger partial charge is 0.290 e. The van der Waals surface area contributed by atoms with Crippen molar-refractivity contribution < 1.29 is 18.7 Å². The Morgan fingerprint density at radius 2 is 1.82 bits per heavy atom. The minimum atomic E-state index is -0.519. The van der Waals surface area contributed by atoms with E-state index in [2.05, 4.69) is 0 Å². The summed E-state index contributed by atoms with van der Waals surface area (Å²) in [6.07, 6.45) is 0. The number of hydrogen-bond donors (Lipinski definition) is 0. The summed E-state index contributed by atoms with van der Waals surface area (Å²) in [6.45, 7) is 3.20. The van der Waals surface area contributed by atoms with E-state index in [1.165, 1.54) is 0 Å². The zero-order chi connectivity index (χ0) is 19.7. The average molecular weight is 379 g/mol. The average Bonchev–Trinajstić information content (AvgIpc) is 2.99. The third-order valence-corrected chi connectivity index (χ3v) is 4.92. The summed E-state index contributed by atoms with van der Waals surface area (Å²) in [6, 6.07) is 13.9. The second kappa shape index (κ2) is 7.48. The molecule has 0 bridgehead atoms. The molecule has 28 heavy (non-hydrogen) atoms. The van der Waals surface area contributed by atoms with Gasteiger partial charge in [0.05, 0.1) is 30.2 Å². The van der Waals surface area contributed by atoms with E-state index in [0.29, 0.717) is 36.3 Å². The fraction of sp³-hybridized carbons (Fsp3) is 0.273. The molecule has 4 rings (SSSR count). The van der Waals surface area contributed by atoms with Crippen molar-refractivity contribution in [2.45, 2.75) is 13.0 Å². The van der Waals surface area contributed by atoms with Gasteiger partial charge in [0.2, 0.25) is 5.76 Å². The Labute approximate surface area is 162 Å². The van der Waals surface area contributed by atoms with Crippen molar-refractivity contribution in [3.05, 3.63) is 75.6 Å². The number of rotatable bonds is 6. The maximum Gasteiger partial charge on any atom is 0.290 e. The zero-order valence-corrected chi connectivity index (χ0v) is 15.8. The Morgan fingerprint density at radius 1 is 1.07 bits per heavy atom.